The molecule has 0 amide bonds. The van der Waals surface area contributed by atoms with Crippen LogP contribution < -0.4 is 10.3 Å². The molecule has 1 aromatic carbocycles. The molecule has 124 valence electrons. The number of rotatable bonds is 3. The van der Waals surface area contributed by atoms with Gasteiger partial charge in [-0.1, -0.05) is 12.7 Å². The summed E-state index contributed by atoms with van der Waals surface area (Å²) >= 11 is 0. The number of fused-ring (bicyclic) bond motifs is 1. The second kappa shape index (κ2) is 6.69. The predicted molar refractivity (Wildman–Crippen MR) is 91.0 cm³/mol. The Morgan fingerprint density at radius 1 is 1.29 bits per heavy atom. The molecule has 2 heterocycles. The van der Waals surface area contributed by atoms with Crippen molar-refractivity contribution in [1.29, 1.82) is 0 Å². The number of hydrogen-bond acceptors (Lipinski definition) is 6. The molecule has 6 nitrogen and oxygen atoms in total. The lowest BCUT2D eigenvalue weighted by atomic mass is 9.81. The zero-order valence-electron chi connectivity index (χ0n) is 13.7. The van der Waals surface area contributed by atoms with Gasteiger partial charge in [0.05, 0.1) is 39.1 Å². The zero-order chi connectivity index (χ0) is 17.3. The Bertz CT molecular complexity index is 824. The number of carbonyl (C=O) groups is 1. The van der Waals surface area contributed by atoms with Crippen molar-refractivity contribution in [2.75, 3.05) is 38.3 Å². The van der Waals surface area contributed by atoms with E-state index in [9.17, 15) is 9.59 Å². The molecule has 2 aromatic rings. The van der Waals surface area contributed by atoms with Gasteiger partial charge in [-0.05, 0) is 17.7 Å². The summed E-state index contributed by atoms with van der Waals surface area (Å²) in [6.07, 6.45) is 0. The van der Waals surface area contributed by atoms with Crippen molar-refractivity contribution in [1.82, 2.24) is 0 Å². The van der Waals surface area contributed by atoms with Crippen molar-refractivity contribution in [3.63, 3.8) is 0 Å². The molecule has 0 bridgehead atoms. The molecule has 7 heteroatoms. The quantitative estimate of drug-likeness (QED) is 0.631. The van der Waals surface area contributed by atoms with Crippen LogP contribution in [0.5, 0.6) is 0 Å². The average molecular weight is 327 g/mol. The van der Waals surface area contributed by atoms with E-state index in [1.165, 1.54) is 19.2 Å². The van der Waals surface area contributed by atoms with Crippen molar-refractivity contribution in [2.45, 2.75) is 12.7 Å². The summed E-state index contributed by atoms with van der Waals surface area (Å²) in [5.41, 5.74) is 1.07. The number of methoxy groups -OCH3 is 1. The Kier molecular flexibility index (Phi) is 4.62. The summed E-state index contributed by atoms with van der Waals surface area (Å²) in [6.45, 7) is 4.26. The number of morpholine rings is 1. The van der Waals surface area contributed by atoms with Gasteiger partial charge in [0.15, 0.2) is 11.3 Å². The topological polar surface area (TPSA) is 69.0 Å². The molecule has 1 aromatic heterocycles. The van der Waals surface area contributed by atoms with Crippen LogP contribution in [-0.2, 0) is 9.47 Å². The Morgan fingerprint density at radius 2 is 2.00 bits per heavy atom. The summed E-state index contributed by atoms with van der Waals surface area (Å²) in [5, 5.41) is 0.321. The molecule has 0 saturated carbocycles. The lowest BCUT2D eigenvalue weighted by Crippen LogP contribution is -2.36. The van der Waals surface area contributed by atoms with E-state index in [1.54, 1.807) is 13.0 Å². The van der Waals surface area contributed by atoms with Gasteiger partial charge in [0.25, 0.3) is 0 Å². The minimum Gasteiger partial charge on any atom is -0.465 e. The van der Waals surface area contributed by atoms with E-state index in [2.05, 4.69) is 0 Å². The van der Waals surface area contributed by atoms with Gasteiger partial charge in [-0.15, -0.1) is 0 Å². The van der Waals surface area contributed by atoms with Crippen molar-refractivity contribution >= 4 is 30.7 Å². The molecular formula is C17H18BNO5. The van der Waals surface area contributed by atoms with Gasteiger partial charge in [0, 0.05) is 19.2 Å². The molecule has 3 rings (SSSR count). The number of ether oxygens (including phenoxy) is 2. The fraction of sp³-hybridized carbons (Fsp3) is 0.412. The molecule has 1 unspecified atom stereocenters. The second-order valence-electron chi connectivity index (χ2n) is 5.77. The van der Waals surface area contributed by atoms with Gasteiger partial charge in [0.1, 0.15) is 5.58 Å². The molecule has 0 N–H and O–H groups in total. The normalized spacial score (nSPS) is 16.2. The lowest BCUT2D eigenvalue weighted by molar-refractivity contribution is 0.0601. The fourth-order valence-corrected chi connectivity index (χ4v) is 2.79. The predicted octanol–water partition coefficient (Wildman–Crippen LogP) is 1.65. The van der Waals surface area contributed by atoms with E-state index >= 15 is 0 Å². The van der Waals surface area contributed by atoms with Crippen molar-refractivity contribution < 1.29 is 18.7 Å². The number of benzene rings is 1. The number of hydrogen-bond donors (Lipinski definition) is 0. The van der Waals surface area contributed by atoms with Crippen molar-refractivity contribution in [3.8, 4) is 0 Å². The largest absolute Gasteiger partial charge is 0.465 e. The highest BCUT2D eigenvalue weighted by molar-refractivity contribution is 6.13. The molecule has 0 spiro atoms. The third-order valence-electron chi connectivity index (χ3n) is 4.08. The molecule has 0 aliphatic carbocycles. The molecule has 1 aliphatic heterocycles. The van der Waals surface area contributed by atoms with Gasteiger partial charge in [-0.25, -0.2) is 4.79 Å². The summed E-state index contributed by atoms with van der Waals surface area (Å²) in [4.78, 5) is 26.4. The Balaban J connectivity index is 2.20. The van der Waals surface area contributed by atoms with E-state index < -0.39 is 11.8 Å². The van der Waals surface area contributed by atoms with Gasteiger partial charge < -0.3 is 18.8 Å². The highest BCUT2D eigenvalue weighted by Crippen LogP contribution is 2.28. The van der Waals surface area contributed by atoms with Crippen LogP contribution in [0.1, 0.15) is 28.7 Å². The standard InChI is InChI=1S/C17H18BNO5/c1-10(18)12-7-11(17(21)22-2)8-13-14(20)9-15(24-16(12)13)19-3-5-23-6-4-19/h7-10H,3-6H2,1-2H3. The van der Waals surface area contributed by atoms with Crippen LogP contribution in [0.2, 0.25) is 0 Å². The van der Waals surface area contributed by atoms with Crippen LogP contribution in [-0.4, -0.2) is 47.2 Å². The average Bonchev–Trinajstić information content (AvgIpc) is 2.60. The number of esters is 1. The van der Waals surface area contributed by atoms with Crippen LogP contribution in [0.4, 0.5) is 5.88 Å². The van der Waals surface area contributed by atoms with Crippen molar-refractivity contribution in [2.24, 2.45) is 0 Å². The van der Waals surface area contributed by atoms with Crippen LogP contribution in [0.25, 0.3) is 11.0 Å². The van der Waals surface area contributed by atoms with E-state index in [0.29, 0.717) is 48.7 Å². The third kappa shape index (κ3) is 3.04. The SMILES string of the molecule is [B]C(C)c1cc(C(=O)OC)cc2c(=O)cc(N3CCOCC3)oc12. The van der Waals surface area contributed by atoms with Gasteiger partial charge in [0.2, 0.25) is 0 Å². The van der Waals surface area contributed by atoms with E-state index in [-0.39, 0.29) is 11.0 Å². The zero-order valence-corrected chi connectivity index (χ0v) is 13.7. The van der Waals surface area contributed by atoms with E-state index in [0.717, 1.165) is 0 Å². The van der Waals surface area contributed by atoms with Gasteiger partial charge in [-0.3, -0.25) is 4.79 Å². The molecule has 1 saturated heterocycles. The maximum atomic E-state index is 12.6. The second-order valence-corrected chi connectivity index (χ2v) is 5.77. The Hall–Kier alpha value is -2.28. The minimum atomic E-state index is -0.518. The molecule has 2 radical (unpaired) electrons. The summed E-state index contributed by atoms with van der Waals surface area (Å²) in [7, 11) is 7.31. The molecule has 1 aliphatic rings. The molecule has 24 heavy (non-hydrogen) atoms. The fourth-order valence-electron chi connectivity index (χ4n) is 2.79. The number of carbonyl (C=O) groups excluding carboxylic acids is 1. The summed E-state index contributed by atoms with van der Waals surface area (Å²) < 4.78 is 16.0. The molecule has 1 atom stereocenters. The monoisotopic (exact) mass is 327 g/mol. The minimum absolute atomic E-state index is 0.217. The Labute approximate surface area is 140 Å². The number of nitrogens with zero attached hydrogens (tertiary/aromatic N) is 1. The highest BCUT2D eigenvalue weighted by Gasteiger charge is 2.20. The smallest absolute Gasteiger partial charge is 0.337 e. The van der Waals surface area contributed by atoms with Crippen LogP contribution in [0, 0.1) is 0 Å². The Morgan fingerprint density at radius 3 is 2.62 bits per heavy atom. The van der Waals surface area contributed by atoms with Gasteiger partial charge in [-0.2, -0.15) is 0 Å². The van der Waals surface area contributed by atoms with Crippen molar-refractivity contribution in [3.05, 3.63) is 39.5 Å². The molecule has 1 fully saturated rings. The van der Waals surface area contributed by atoms with E-state index in [4.69, 9.17) is 21.7 Å². The maximum Gasteiger partial charge on any atom is 0.337 e. The first-order chi connectivity index (χ1) is 11.5. The first-order valence-electron chi connectivity index (χ1n) is 7.79. The first-order valence-corrected chi connectivity index (χ1v) is 7.79. The summed E-state index contributed by atoms with van der Waals surface area (Å²) in [6, 6.07) is 4.55. The van der Waals surface area contributed by atoms with Crippen LogP contribution in [0.15, 0.2) is 27.4 Å². The van der Waals surface area contributed by atoms with Gasteiger partial charge >= 0.3 is 5.97 Å². The third-order valence-corrected chi connectivity index (χ3v) is 4.08. The molecular weight excluding hydrogens is 309 g/mol. The maximum absolute atomic E-state index is 12.6. The van der Waals surface area contributed by atoms with Crippen LogP contribution >= 0.6 is 0 Å². The first kappa shape index (κ1) is 16.6. The summed E-state index contributed by atoms with van der Waals surface area (Å²) in [5.74, 6) is -0.431. The number of anilines is 1. The van der Waals surface area contributed by atoms with E-state index in [1.807, 2.05) is 4.90 Å². The van der Waals surface area contributed by atoms with Crippen LogP contribution in [0.3, 0.4) is 0 Å². The lowest BCUT2D eigenvalue weighted by Gasteiger charge is -2.27. The highest BCUT2D eigenvalue weighted by atomic mass is 16.5.